The third-order valence-corrected chi connectivity index (χ3v) is 6.91. The number of rotatable bonds is 4. The van der Waals surface area contributed by atoms with E-state index in [2.05, 4.69) is 15.0 Å². The highest BCUT2D eigenvalue weighted by molar-refractivity contribution is 5.79. The molecule has 1 saturated carbocycles. The van der Waals surface area contributed by atoms with Crippen LogP contribution in [0.4, 0.5) is 18.9 Å². The van der Waals surface area contributed by atoms with Crippen LogP contribution in [0, 0.1) is 18.8 Å². The minimum Gasteiger partial charge on any atom is -0.373 e. The van der Waals surface area contributed by atoms with Gasteiger partial charge in [0.1, 0.15) is 6.23 Å². The zero-order chi connectivity index (χ0) is 22.9. The molecule has 2 aliphatic rings. The van der Waals surface area contributed by atoms with Crippen molar-refractivity contribution in [3.63, 3.8) is 0 Å². The molecule has 1 saturated heterocycles. The number of aryl methyl sites for hydroxylation is 1. The van der Waals surface area contributed by atoms with Crippen molar-refractivity contribution in [2.24, 2.45) is 11.8 Å². The van der Waals surface area contributed by atoms with Crippen molar-refractivity contribution >= 4 is 16.7 Å². The summed E-state index contributed by atoms with van der Waals surface area (Å²) in [5, 5.41) is 11.1. The number of alkyl halides is 3. The third kappa shape index (κ3) is 3.30. The summed E-state index contributed by atoms with van der Waals surface area (Å²) in [6.07, 6.45) is 0.988. The number of aromatic nitrogens is 4. The number of nitrogens with one attached hydrogen (secondary N) is 1. The second kappa shape index (κ2) is 7.08. The van der Waals surface area contributed by atoms with Crippen LogP contribution in [-0.4, -0.2) is 30.9 Å². The number of nitrogens with zero attached hydrogens (tertiary/aromatic N) is 4. The van der Waals surface area contributed by atoms with Gasteiger partial charge in [-0.25, -0.2) is 9.97 Å². The first-order valence-electron chi connectivity index (χ1n) is 10.9. The SMILES string of the molecule is Cc1cc(-n2cnc(C(F)(F)F)c2)ccc1[C@H]1[C@@H](C2CC2)C(O)N1c1ccc2[nH]cnc2c1. The molecule has 2 fully saturated rings. The molecule has 33 heavy (non-hydrogen) atoms. The lowest BCUT2D eigenvalue weighted by atomic mass is 9.76. The average Bonchev–Trinajstić information content (AvgIpc) is 3.25. The summed E-state index contributed by atoms with van der Waals surface area (Å²) in [7, 11) is 0. The van der Waals surface area contributed by atoms with Crippen LogP contribution in [0.5, 0.6) is 0 Å². The number of anilines is 1. The van der Waals surface area contributed by atoms with Crippen LogP contribution < -0.4 is 4.90 Å². The fraction of sp³-hybridized carbons (Fsp3) is 0.333. The van der Waals surface area contributed by atoms with Crippen molar-refractivity contribution < 1.29 is 18.3 Å². The molecule has 0 radical (unpaired) electrons. The lowest BCUT2D eigenvalue weighted by Gasteiger charge is -2.55. The summed E-state index contributed by atoms with van der Waals surface area (Å²) in [4.78, 5) is 12.9. The standard InChI is InChI=1S/C24H22F3N5O/c1-13-8-15(31-10-20(30-12-31)24(25,26)27)4-6-17(13)22-21(14-2-3-14)23(33)32(22)16-5-7-18-19(9-16)29-11-28-18/h4-12,14,21-23,33H,2-3H2,1H3,(H,28,29)/t21-,22+,23?/m1/s1. The van der Waals surface area contributed by atoms with Crippen LogP contribution in [0.2, 0.25) is 0 Å². The van der Waals surface area contributed by atoms with E-state index < -0.39 is 18.1 Å². The molecule has 1 unspecified atom stereocenters. The van der Waals surface area contributed by atoms with Crippen LogP contribution in [0.1, 0.15) is 35.7 Å². The van der Waals surface area contributed by atoms with Crippen LogP contribution in [0.3, 0.4) is 0 Å². The average molecular weight is 453 g/mol. The summed E-state index contributed by atoms with van der Waals surface area (Å²) in [6.45, 7) is 1.96. The monoisotopic (exact) mass is 453 g/mol. The van der Waals surface area contributed by atoms with E-state index in [0.29, 0.717) is 11.6 Å². The second-order valence-corrected chi connectivity index (χ2v) is 8.99. The summed E-state index contributed by atoms with van der Waals surface area (Å²) in [5.41, 5.74) is 4.40. The Morgan fingerprint density at radius 2 is 1.85 bits per heavy atom. The van der Waals surface area contributed by atoms with E-state index in [0.717, 1.165) is 46.9 Å². The highest BCUT2D eigenvalue weighted by Gasteiger charge is 2.55. The van der Waals surface area contributed by atoms with Gasteiger partial charge in [-0.15, -0.1) is 0 Å². The Bertz CT molecular complexity index is 1340. The number of H-pyrrole nitrogens is 1. The predicted octanol–water partition coefficient (Wildman–Crippen LogP) is 4.98. The van der Waals surface area contributed by atoms with Gasteiger partial charge in [-0.05, 0) is 67.1 Å². The molecule has 0 amide bonds. The highest BCUT2D eigenvalue weighted by atomic mass is 19.4. The van der Waals surface area contributed by atoms with Crippen molar-refractivity contribution in [1.82, 2.24) is 19.5 Å². The maximum Gasteiger partial charge on any atom is 0.434 e. The molecule has 1 aliphatic heterocycles. The van der Waals surface area contributed by atoms with Gasteiger partial charge in [-0.1, -0.05) is 6.07 Å². The Labute approximate surface area is 187 Å². The molecule has 2 aromatic carbocycles. The molecule has 6 nitrogen and oxygen atoms in total. The van der Waals surface area contributed by atoms with Crippen molar-refractivity contribution in [2.45, 2.75) is 38.2 Å². The van der Waals surface area contributed by atoms with Gasteiger partial charge in [0, 0.05) is 23.5 Å². The zero-order valence-corrected chi connectivity index (χ0v) is 17.8. The number of hydrogen-bond acceptors (Lipinski definition) is 4. The summed E-state index contributed by atoms with van der Waals surface area (Å²) in [5.74, 6) is 0.604. The normalized spacial score (nSPS) is 23.2. The number of imidazole rings is 2. The summed E-state index contributed by atoms with van der Waals surface area (Å²) in [6, 6.07) is 11.6. The Kier molecular flexibility index (Phi) is 4.35. The highest BCUT2D eigenvalue weighted by Crippen LogP contribution is 2.56. The van der Waals surface area contributed by atoms with Crippen molar-refractivity contribution in [1.29, 1.82) is 0 Å². The molecule has 3 atom stereocenters. The smallest absolute Gasteiger partial charge is 0.373 e. The number of aromatic amines is 1. The maximum absolute atomic E-state index is 13.0. The Hall–Kier alpha value is -3.33. The van der Waals surface area contributed by atoms with E-state index in [-0.39, 0.29) is 12.0 Å². The van der Waals surface area contributed by atoms with Gasteiger partial charge in [-0.3, -0.25) is 0 Å². The van der Waals surface area contributed by atoms with Gasteiger partial charge in [0.05, 0.1) is 29.7 Å². The van der Waals surface area contributed by atoms with Crippen molar-refractivity contribution in [2.75, 3.05) is 4.90 Å². The van der Waals surface area contributed by atoms with Gasteiger partial charge < -0.3 is 19.6 Å². The molecule has 170 valence electrons. The third-order valence-electron chi connectivity index (χ3n) is 6.91. The van der Waals surface area contributed by atoms with Crippen LogP contribution in [0.15, 0.2) is 55.2 Å². The zero-order valence-electron chi connectivity index (χ0n) is 17.8. The molecule has 2 N–H and O–H groups in total. The van der Waals surface area contributed by atoms with E-state index in [1.54, 1.807) is 6.33 Å². The van der Waals surface area contributed by atoms with Gasteiger partial charge in [0.2, 0.25) is 0 Å². The predicted molar refractivity (Wildman–Crippen MR) is 117 cm³/mol. The summed E-state index contributed by atoms with van der Waals surface area (Å²) < 4.78 is 40.2. The van der Waals surface area contributed by atoms with Crippen molar-refractivity contribution in [3.05, 3.63) is 72.1 Å². The molecule has 4 aromatic rings. The molecule has 9 heteroatoms. The van der Waals surface area contributed by atoms with E-state index in [1.807, 2.05) is 48.2 Å². The number of aliphatic hydroxyl groups is 1. The van der Waals surface area contributed by atoms with E-state index >= 15 is 0 Å². The Morgan fingerprint density at radius 3 is 2.55 bits per heavy atom. The molecule has 3 heterocycles. The van der Waals surface area contributed by atoms with Crippen LogP contribution in [-0.2, 0) is 6.18 Å². The largest absolute Gasteiger partial charge is 0.434 e. The molecule has 1 aliphatic carbocycles. The first-order chi connectivity index (χ1) is 15.8. The van der Waals surface area contributed by atoms with Crippen LogP contribution in [0.25, 0.3) is 16.7 Å². The molecule has 0 bridgehead atoms. The number of hydrogen-bond donors (Lipinski definition) is 2. The van der Waals surface area contributed by atoms with Gasteiger partial charge in [0.15, 0.2) is 5.69 Å². The first-order valence-corrected chi connectivity index (χ1v) is 10.9. The lowest BCUT2D eigenvalue weighted by molar-refractivity contribution is -0.140. The fourth-order valence-electron chi connectivity index (χ4n) is 5.09. The van der Waals surface area contributed by atoms with Gasteiger partial charge in [0.25, 0.3) is 0 Å². The lowest BCUT2D eigenvalue weighted by Crippen LogP contribution is -2.59. The molecule has 0 spiro atoms. The van der Waals surface area contributed by atoms with E-state index in [9.17, 15) is 18.3 Å². The van der Waals surface area contributed by atoms with E-state index in [4.69, 9.17) is 0 Å². The quantitative estimate of drug-likeness (QED) is 0.457. The first kappa shape index (κ1) is 20.3. The molecular formula is C24H22F3N5O. The molecule has 6 rings (SSSR count). The van der Waals surface area contributed by atoms with Crippen LogP contribution >= 0.6 is 0 Å². The van der Waals surface area contributed by atoms with Gasteiger partial charge >= 0.3 is 6.18 Å². The Balaban J connectivity index is 1.36. The summed E-state index contributed by atoms with van der Waals surface area (Å²) >= 11 is 0. The molecule has 2 aromatic heterocycles. The number of benzene rings is 2. The van der Waals surface area contributed by atoms with Crippen molar-refractivity contribution in [3.8, 4) is 5.69 Å². The minimum atomic E-state index is -4.48. The second-order valence-electron chi connectivity index (χ2n) is 8.99. The number of aliphatic hydroxyl groups excluding tert-OH is 1. The van der Waals surface area contributed by atoms with E-state index in [1.165, 1.54) is 10.9 Å². The number of halogens is 3. The minimum absolute atomic E-state index is 0.00790. The maximum atomic E-state index is 13.0. The van der Waals surface area contributed by atoms with Gasteiger partial charge in [-0.2, -0.15) is 13.2 Å². The topological polar surface area (TPSA) is 70.0 Å². The Morgan fingerprint density at radius 1 is 1.06 bits per heavy atom. The number of fused-ring (bicyclic) bond motifs is 1. The fourth-order valence-corrected chi connectivity index (χ4v) is 5.09. The molecular weight excluding hydrogens is 431 g/mol.